The van der Waals surface area contributed by atoms with E-state index in [0.29, 0.717) is 17.9 Å². The minimum atomic E-state index is -0.0210. The molecule has 0 saturated heterocycles. The second-order valence-corrected chi connectivity index (χ2v) is 4.88. The highest BCUT2D eigenvalue weighted by atomic mass is 79.9. The standard InChI is InChI=1S/C13H13BrN2O2/c1-9(17)12-7-10(14)3-4-13(12)18-8-11-5-6-16(2)15-11/h3-7H,8H2,1-2H3. The van der Waals surface area contributed by atoms with Crippen LogP contribution in [0.3, 0.4) is 0 Å². The summed E-state index contributed by atoms with van der Waals surface area (Å²) in [6.45, 7) is 1.87. The van der Waals surface area contributed by atoms with Crippen LogP contribution in [-0.2, 0) is 13.7 Å². The van der Waals surface area contributed by atoms with E-state index in [4.69, 9.17) is 4.74 Å². The molecule has 0 aliphatic heterocycles. The second kappa shape index (κ2) is 5.35. The molecule has 0 saturated carbocycles. The van der Waals surface area contributed by atoms with Crippen molar-refractivity contribution in [3.8, 4) is 5.75 Å². The third-order valence-corrected chi connectivity index (χ3v) is 2.96. The summed E-state index contributed by atoms with van der Waals surface area (Å²) in [5.74, 6) is 0.559. The highest BCUT2D eigenvalue weighted by Gasteiger charge is 2.09. The molecule has 18 heavy (non-hydrogen) atoms. The van der Waals surface area contributed by atoms with Crippen molar-refractivity contribution in [3.05, 3.63) is 46.2 Å². The van der Waals surface area contributed by atoms with Crippen LogP contribution in [0, 0.1) is 0 Å². The molecule has 0 aliphatic rings. The van der Waals surface area contributed by atoms with Crippen molar-refractivity contribution in [2.45, 2.75) is 13.5 Å². The van der Waals surface area contributed by atoms with E-state index < -0.39 is 0 Å². The summed E-state index contributed by atoms with van der Waals surface area (Å²) in [6.07, 6.45) is 1.85. The van der Waals surface area contributed by atoms with Gasteiger partial charge < -0.3 is 4.74 Å². The summed E-state index contributed by atoms with van der Waals surface area (Å²) in [7, 11) is 1.85. The summed E-state index contributed by atoms with van der Waals surface area (Å²) in [5, 5.41) is 4.22. The first kappa shape index (κ1) is 12.8. The van der Waals surface area contributed by atoms with Gasteiger partial charge in [-0.1, -0.05) is 15.9 Å². The molecule has 94 valence electrons. The molecule has 1 aromatic heterocycles. The zero-order valence-electron chi connectivity index (χ0n) is 10.2. The fourth-order valence-electron chi connectivity index (χ4n) is 1.60. The average molecular weight is 309 g/mol. The third-order valence-electron chi connectivity index (χ3n) is 2.47. The van der Waals surface area contributed by atoms with Crippen LogP contribution >= 0.6 is 15.9 Å². The minimum absolute atomic E-state index is 0.0210. The number of hydrogen-bond acceptors (Lipinski definition) is 3. The Bertz CT molecular complexity index is 578. The Labute approximate surface area is 114 Å². The summed E-state index contributed by atoms with van der Waals surface area (Å²) >= 11 is 3.34. The zero-order valence-corrected chi connectivity index (χ0v) is 11.8. The van der Waals surface area contributed by atoms with E-state index in [1.54, 1.807) is 16.8 Å². The molecule has 5 heteroatoms. The topological polar surface area (TPSA) is 44.1 Å². The van der Waals surface area contributed by atoms with Gasteiger partial charge in [0.25, 0.3) is 0 Å². The van der Waals surface area contributed by atoms with Crippen LogP contribution in [0.5, 0.6) is 5.75 Å². The SMILES string of the molecule is CC(=O)c1cc(Br)ccc1OCc1ccn(C)n1. The number of carbonyl (C=O) groups excluding carboxylic acids is 1. The monoisotopic (exact) mass is 308 g/mol. The Balaban J connectivity index is 2.16. The van der Waals surface area contributed by atoms with E-state index in [0.717, 1.165) is 10.2 Å². The van der Waals surface area contributed by atoms with Gasteiger partial charge in [-0.3, -0.25) is 9.48 Å². The molecule has 4 nitrogen and oxygen atoms in total. The molecule has 0 unspecified atom stereocenters. The van der Waals surface area contributed by atoms with Crippen LogP contribution in [-0.4, -0.2) is 15.6 Å². The van der Waals surface area contributed by atoms with Crippen LogP contribution in [0.25, 0.3) is 0 Å². The summed E-state index contributed by atoms with van der Waals surface area (Å²) < 4.78 is 8.21. The summed E-state index contributed by atoms with van der Waals surface area (Å²) in [4.78, 5) is 11.5. The lowest BCUT2D eigenvalue weighted by atomic mass is 10.1. The van der Waals surface area contributed by atoms with Gasteiger partial charge in [-0.15, -0.1) is 0 Å². The molecule has 0 aliphatic carbocycles. The van der Waals surface area contributed by atoms with Gasteiger partial charge in [0.05, 0.1) is 11.3 Å². The highest BCUT2D eigenvalue weighted by Crippen LogP contribution is 2.24. The Morgan fingerprint density at radius 3 is 2.83 bits per heavy atom. The lowest BCUT2D eigenvalue weighted by Gasteiger charge is -2.08. The molecule has 1 heterocycles. The van der Waals surface area contributed by atoms with Crippen molar-refractivity contribution in [2.24, 2.45) is 7.05 Å². The van der Waals surface area contributed by atoms with E-state index in [2.05, 4.69) is 21.0 Å². The quantitative estimate of drug-likeness (QED) is 0.816. The predicted molar refractivity (Wildman–Crippen MR) is 71.7 cm³/mol. The number of benzene rings is 1. The molecule has 0 N–H and O–H groups in total. The molecule has 1 aromatic carbocycles. The fraction of sp³-hybridized carbons (Fsp3) is 0.231. The van der Waals surface area contributed by atoms with Gasteiger partial charge in [-0.25, -0.2) is 0 Å². The van der Waals surface area contributed by atoms with Crippen LogP contribution in [0.1, 0.15) is 23.0 Å². The van der Waals surface area contributed by atoms with Crippen molar-refractivity contribution in [1.82, 2.24) is 9.78 Å². The van der Waals surface area contributed by atoms with Crippen LogP contribution in [0.15, 0.2) is 34.9 Å². The van der Waals surface area contributed by atoms with Gasteiger partial charge >= 0.3 is 0 Å². The zero-order chi connectivity index (χ0) is 13.1. The van der Waals surface area contributed by atoms with Crippen LogP contribution in [0.2, 0.25) is 0 Å². The van der Waals surface area contributed by atoms with Crippen molar-refractivity contribution >= 4 is 21.7 Å². The number of carbonyl (C=O) groups is 1. The summed E-state index contributed by atoms with van der Waals surface area (Å²) in [5.41, 5.74) is 1.40. The minimum Gasteiger partial charge on any atom is -0.486 e. The highest BCUT2D eigenvalue weighted by molar-refractivity contribution is 9.10. The van der Waals surface area contributed by atoms with Gasteiger partial charge in [-0.2, -0.15) is 5.10 Å². The van der Waals surface area contributed by atoms with Crippen LogP contribution < -0.4 is 4.74 Å². The number of ketones is 1. The number of hydrogen-bond donors (Lipinski definition) is 0. The van der Waals surface area contributed by atoms with E-state index in [1.165, 1.54) is 6.92 Å². The number of nitrogens with zero attached hydrogens (tertiary/aromatic N) is 2. The maximum absolute atomic E-state index is 11.5. The second-order valence-electron chi connectivity index (χ2n) is 3.97. The summed E-state index contributed by atoms with van der Waals surface area (Å²) in [6, 6.07) is 7.27. The maximum Gasteiger partial charge on any atom is 0.163 e. The van der Waals surface area contributed by atoms with Crippen molar-refractivity contribution < 1.29 is 9.53 Å². The Morgan fingerprint density at radius 1 is 1.44 bits per heavy atom. The number of halogens is 1. The Hall–Kier alpha value is -1.62. The molecule has 0 fully saturated rings. The van der Waals surface area contributed by atoms with E-state index in [9.17, 15) is 4.79 Å². The van der Waals surface area contributed by atoms with Crippen molar-refractivity contribution in [3.63, 3.8) is 0 Å². The number of aromatic nitrogens is 2. The van der Waals surface area contributed by atoms with Gasteiger partial charge in [0, 0.05) is 17.7 Å². The average Bonchev–Trinajstić information content (AvgIpc) is 2.73. The number of Topliss-reactive ketones (excluding diaryl/α,β-unsaturated/α-hetero) is 1. The molecule has 0 spiro atoms. The maximum atomic E-state index is 11.5. The lowest BCUT2D eigenvalue weighted by molar-refractivity contribution is 0.101. The van der Waals surface area contributed by atoms with Crippen molar-refractivity contribution in [2.75, 3.05) is 0 Å². The smallest absolute Gasteiger partial charge is 0.163 e. The van der Waals surface area contributed by atoms with Crippen molar-refractivity contribution in [1.29, 1.82) is 0 Å². The number of ether oxygens (including phenoxy) is 1. The van der Waals surface area contributed by atoms with E-state index in [-0.39, 0.29) is 5.78 Å². The third kappa shape index (κ3) is 2.98. The van der Waals surface area contributed by atoms with Gasteiger partial charge in [0.1, 0.15) is 12.4 Å². The molecule has 0 atom stereocenters. The predicted octanol–water partition coefficient (Wildman–Crippen LogP) is 2.96. The number of aryl methyl sites for hydroxylation is 1. The van der Waals surface area contributed by atoms with Gasteiger partial charge in [0.2, 0.25) is 0 Å². The Kier molecular flexibility index (Phi) is 3.81. The molecule has 0 bridgehead atoms. The first-order chi connectivity index (χ1) is 8.56. The first-order valence-corrected chi connectivity index (χ1v) is 6.27. The molecule has 2 rings (SSSR count). The molecule has 2 aromatic rings. The molecular weight excluding hydrogens is 296 g/mol. The van der Waals surface area contributed by atoms with Gasteiger partial charge in [0.15, 0.2) is 5.78 Å². The Morgan fingerprint density at radius 2 is 2.22 bits per heavy atom. The lowest BCUT2D eigenvalue weighted by Crippen LogP contribution is -2.02. The first-order valence-electron chi connectivity index (χ1n) is 5.48. The fourth-order valence-corrected chi connectivity index (χ4v) is 1.96. The van der Waals surface area contributed by atoms with Gasteiger partial charge in [-0.05, 0) is 31.2 Å². The normalized spacial score (nSPS) is 10.4. The van der Waals surface area contributed by atoms with Crippen LogP contribution in [0.4, 0.5) is 0 Å². The molecule has 0 radical (unpaired) electrons. The largest absolute Gasteiger partial charge is 0.486 e. The van der Waals surface area contributed by atoms with E-state index >= 15 is 0 Å². The molecule has 0 amide bonds. The number of rotatable bonds is 4. The molecular formula is C13H13BrN2O2. The van der Waals surface area contributed by atoms with E-state index in [1.807, 2.05) is 25.4 Å².